The Morgan fingerprint density at radius 1 is 1.05 bits per heavy atom. The minimum atomic E-state index is -4.50. The third-order valence-electron chi connectivity index (χ3n) is 6.73. The number of carbonyl (C=O) groups excluding carboxylic acids is 1. The second-order valence-electron chi connectivity index (χ2n) is 9.34. The third-order valence-corrected chi connectivity index (χ3v) is 6.73. The maximum atomic E-state index is 13.8. The zero-order chi connectivity index (χ0) is 26.9. The van der Waals surface area contributed by atoms with Crippen LogP contribution in [0.3, 0.4) is 0 Å². The van der Waals surface area contributed by atoms with Crippen LogP contribution in [0, 0.1) is 6.92 Å². The number of benzene rings is 2. The van der Waals surface area contributed by atoms with Crippen molar-refractivity contribution in [1.82, 2.24) is 24.9 Å². The summed E-state index contributed by atoms with van der Waals surface area (Å²) in [7, 11) is 0. The molecule has 0 aliphatic carbocycles. The van der Waals surface area contributed by atoms with E-state index in [0.717, 1.165) is 38.8 Å². The number of carbonyl (C=O) groups is 1. The number of aryl methyl sites for hydroxylation is 1. The Bertz CT molecular complexity index is 1460. The van der Waals surface area contributed by atoms with E-state index in [0.29, 0.717) is 45.6 Å². The lowest BCUT2D eigenvalue weighted by Crippen LogP contribution is -2.45. The first-order valence-electron chi connectivity index (χ1n) is 12.4. The van der Waals surface area contributed by atoms with Crippen molar-refractivity contribution in [2.45, 2.75) is 26.6 Å². The van der Waals surface area contributed by atoms with Gasteiger partial charge in [-0.05, 0) is 55.4 Å². The van der Waals surface area contributed by atoms with Crippen molar-refractivity contribution in [3.8, 4) is 11.4 Å². The molecule has 1 saturated heterocycles. The van der Waals surface area contributed by atoms with Gasteiger partial charge in [0.05, 0.1) is 17.3 Å². The number of amides is 1. The molecular formula is C27H27F3N6O2. The molecule has 38 heavy (non-hydrogen) atoms. The lowest BCUT2D eigenvalue weighted by Gasteiger charge is -2.34. The fourth-order valence-corrected chi connectivity index (χ4v) is 4.55. The fourth-order valence-electron chi connectivity index (χ4n) is 4.55. The number of aromatic nitrogens is 3. The van der Waals surface area contributed by atoms with Gasteiger partial charge in [0.25, 0.3) is 5.91 Å². The zero-order valence-electron chi connectivity index (χ0n) is 21.0. The maximum absolute atomic E-state index is 13.8. The van der Waals surface area contributed by atoms with Crippen molar-refractivity contribution in [3.05, 3.63) is 71.2 Å². The predicted octanol–water partition coefficient (Wildman–Crippen LogP) is 5.00. The normalized spacial score (nSPS) is 15.2. The number of nitrogens with one attached hydrogen (secondary N) is 1. The molecule has 0 atom stereocenters. The Morgan fingerprint density at radius 2 is 1.82 bits per heavy atom. The van der Waals surface area contributed by atoms with E-state index in [1.165, 1.54) is 12.3 Å². The van der Waals surface area contributed by atoms with Crippen LogP contribution >= 0.6 is 0 Å². The summed E-state index contributed by atoms with van der Waals surface area (Å²) < 4.78 is 46.3. The van der Waals surface area contributed by atoms with Gasteiger partial charge >= 0.3 is 6.18 Å². The molecule has 0 radical (unpaired) electrons. The molecule has 2 aromatic carbocycles. The van der Waals surface area contributed by atoms with Crippen LogP contribution in [-0.2, 0) is 12.7 Å². The van der Waals surface area contributed by atoms with Crippen LogP contribution in [0.5, 0.6) is 0 Å². The summed E-state index contributed by atoms with van der Waals surface area (Å²) in [5, 5.41) is 7.07. The van der Waals surface area contributed by atoms with Gasteiger partial charge in [-0.25, -0.2) is 9.97 Å². The fraction of sp³-hybridized carbons (Fsp3) is 0.333. The van der Waals surface area contributed by atoms with Crippen LogP contribution in [0.1, 0.15) is 34.2 Å². The number of fused-ring (bicyclic) bond motifs is 1. The van der Waals surface area contributed by atoms with Gasteiger partial charge in [0.15, 0.2) is 5.82 Å². The molecule has 4 aromatic rings. The highest BCUT2D eigenvalue weighted by Crippen LogP contribution is 2.33. The topological polar surface area (TPSA) is 87.4 Å². The number of anilines is 1. The second kappa shape index (κ2) is 10.5. The van der Waals surface area contributed by atoms with Gasteiger partial charge in [0, 0.05) is 55.6 Å². The van der Waals surface area contributed by atoms with Crippen LogP contribution in [0.4, 0.5) is 18.9 Å². The Kier molecular flexibility index (Phi) is 7.13. The molecule has 0 spiro atoms. The number of halogens is 3. The van der Waals surface area contributed by atoms with E-state index >= 15 is 0 Å². The summed E-state index contributed by atoms with van der Waals surface area (Å²) in [4.78, 5) is 25.9. The summed E-state index contributed by atoms with van der Waals surface area (Å²) in [5.41, 5.74) is 1.40. The maximum Gasteiger partial charge on any atom is 0.416 e. The Morgan fingerprint density at radius 3 is 2.50 bits per heavy atom. The highest BCUT2D eigenvalue weighted by atomic mass is 19.4. The molecule has 3 heterocycles. The molecule has 1 aliphatic heterocycles. The molecular weight excluding hydrogens is 497 g/mol. The van der Waals surface area contributed by atoms with Crippen molar-refractivity contribution in [2.75, 3.05) is 38.0 Å². The minimum absolute atomic E-state index is 0.180. The number of rotatable bonds is 6. The first kappa shape index (κ1) is 25.8. The summed E-state index contributed by atoms with van der Waals surface area (Å²) in [6.45, 7) is 8.51. The van der Waals surface area contributed by atoms with E-state index in [1.807, 2.05) is 0 Å². The van der Waals surface area contributed by atoms with Gasteiger partial charge in [-0.3, -0.25) is 9.69 Å². The number of nitrogens with zero attached hydrogens (tertiary/aromatic N) is 5. The monoisotopic (exact) mass is 524 g/mol. The van der Waals surface area contributed by atoms with Crippen LogP contribution in [0.2, 0.25) is 0 Å². The average molecular weight is 525 g/mol. The largest absolute Gasteiger partial charge is 0.416 e. The zero-order valence-corrected chi connectivity index (χ0v) is 21.0. The molecule has 1 aliphatic rings. The van der Waals surface area contributed by atoms with Crippen LogP contribution in [0.25, 0.3) is 22.3 Å². The Balaban J connectivity index is 1.44. The molecule has 8 nitrogen and oxygen atoms in total. The van der Waals surface area contributed by atoms with E-state index < -0.39 is 11.7 Å². The van der Waals surface area contributed by atoms with Gasteiger partial charge in [-0.15, -0.1) is 0 Å². The smallest absolute Gasteiger partial charge is 0.361 e. The summed E-state index contributed by atoms with van der Waals surface area (Å²) in [6.07, 6.45) is -1.60. The highest BCUT2D eigenvalue weighted by molar-refractivity contribution is 6.05. The van der Waals surface area contributed by atoms with Crippen molar-refractivity contribution in [2.24, 2.45) is 0 Å². The summed E-state index contributed by atoms with van der Waals surface area (Å²) in [6, 6.07) is 9.11. The summed E-state index contributed by atoms with van der Waals surface area (Å²) in [5.74, 6) is 0.180. The van der Waals surface area contributed by atoms with Crippen LogP contribution in [-0.4, -0.2) is 63.6 Å². The van der Waals surface area contributed by atoms with Crippen molar-refractivity contribution in [3.63, 3.8) is 0 Å². The quantitative estimate of drug-likeness (QED) is 0.380. The molecule has 5 rings (SSSR count). The lowest BCUT2D eigenvalue weighted by molar-refractivity contribution is -0.137. The number of hydrogen-bond acceptors (Lipinski definition) is 7. The first-order chi connectivity index (χ1) is 18.2. The van der Waals surface area contributed by atoms with Gasteiger partial charge in [-0.2, -0.15) is 13.2 Å². The van der Waals surface area contributed by atoms with E-state index in [4.69, 9.17) is 4.52 Å². The van der Waals surface area contributed by atoms with Crippen LogP contribution < -0.4 is 5.32 Å². The number of hydrogen-bond donors (Lipinski definition) is 1. The minimum Gasteiger partial charge on any atom is -0.361 e. The molecule has 0 unspecified atom stereocenters. The Labute approximate surface area is 217 Å². The van der Waals surface area contributed by atoms with Gasteiger partial charge in [0.2, 0.25) is 0 Å². The molecule has 2 aromatic heterocycles. The summed E-state index contributed by atoms with van der Waals surface area (Å²) >= 11 is 0. The number of alkyl halides is 3. The molecule has 1 fully saturated rings. The predicted molar refractivity (Wildman–Crippen MR) is 137 cm³/mol. The number of likely N-dealkylation sites (N-methyl/N-ethyl adjacent to an activating group) is 1. The van der Waals surface area contributed by atoms with E-state index in [2.05, 4.69) is 37.2 Å². The molecule has 1 N–H and O–H groups in total. The Hall–Kier alpha value is -3.83. The SMILES string of the molecule is CCN1CCN(Cc2cc(-c3ncc4ccc(NC(=O)c5cnoc5C)cc4n3)cc(C(F)(F)F)c2)CC1. The standard InChI is InChI=1S/C27H27F3N6O2/c1-3-35-6-8-36(9-7-35)16-18-10-20(12-21(11-18)27(28,29)30)25-31-14-19-4-5-22(13-24(19)34-25)33-26(37)23-15-32-38-17(23)2/h4-5,10-15H,3,6-9,16H2,1-2H3,(H,33,37). The molecule has 0 saturated carbocycles. The van der Waals surface area contributed by atoms with E-state index in [-0.39, 0.29) is 11.7 Å². The molecule has 198 valence electrons. The second-order valence-corrected chi connectivity index (χ2v) is 9.34. The van der Waals surface area contributed by atoms with Gasteiger partial charge in [0.1, 0.15) is 11.3 Å². The first-order valence-corrected chi connectivity index (χ1v) is 12.4. The lowest BCUT2D eigenvalue weighted by atomic mass is 10.0. The average Bonchev–Trinajstić information content (AvgIpc) is 3.34. The van der Waals surface area contributed by atoms with Gasteiger partial charge in [-0.1, -0.05) is 12.1 Å². The highest BCUT2D eigenvalue weighted by Gasteiger charge is 2.32. The molecule has 1 amide bonds. The molecule has 0 bridgehead atoms. The van der Waals surface area contributed by atoms with Crippen LogP contribution in [0.15, 0.2) is 53.3 Å². The van der Waals surface area contributed by atoms with Crippen molar-refractivity contribution < 1.29 is 22.5 Å². The van der Waals surface area contributed by atoms with Gasteiger partial charge < -0.3 is 14.7 Å². The van der Waals surface area contributed by atoms with Crippen molar-refractivity contribution >= 4 is 22.5 Å². The van der Waals surface area contributed by atoms with E-state index in [1.54, 1.807) is 37.4 Å². The van der Waals surface area contributed by atoms with Crippen molar-refractivity contribution in [1.29, 1.82) is 0 Å². The third kappa shape index (κ3) is 5.68. The molecule has 11 heteroatoms. The number of piperazine rings is 1. The van der Waals surface area contributed by atoms with E-state index in [9.17, 15) is 18.0 Å².